The number of carbonyl (C=O) groups is 1. The predicted octanol–water partition coefficient (Wildman–Crippen LogP) is 4.52. The van der Waals surface area contributed by atoms with Crippen LogP contribution >= 0.6 is 15.9 Å². The van der Waals surface area contributed by atoms with Gasteiger partial charge in [0.25, 0.3) is 5.91 Å². The van der Waals surface area contributed by atoms with Crippen molar-refractivity contribution in [2.75, 3.05) is 7.05 Å². The van der Waals surface area contributed by atoms with Gasteiger partial charge in [0.2, 0.25) is 0 Å². The SMILES string of the molecule is CCn1ccc(CN(C)C(=O)c2cccc(COc3ccccc3Br)c2)n1. The van der Waals surface area contributed by atoms with Crippen LogP contribution in [0.25, 0.3) is 0 Å². The van der Waals surface area contributed by atoms with Gasteiger partial charge in [-0.3, -0.25) is 9.48 Å². The van der Waals surface area contributed by atoms with Crippen molar-refractivity contribution in [1.29, 1.82) is 0 Å². The minimum Gasteiger partial charge on any atom is -0.488 e. The van der Waals surface area contributed by atoms with Gasteiger partial charge in [0.05, 0.1) is 16.7 Å². The number of aromatic nitrogens is 2. The number of aryl methyl sites for hydroxylation is 1. The summed E-state index contributed by atoms with van der Waals surface area (Å²) in [5.74, 6) is 0.738. The van der Waals surface area contributed by atoms with E-state index in [9.17, 15) is 4.79 Å². The van der Waals surface area contributed by atoms with Gasteiger partial charge in [-0.05, 0) is 58.7 Å². The lowest BCUT2D eigenvalue weighted by atomic mass is 10.1. The van der Waals surface area contributed by atoms with Crippen LogP contribution in [0.5, 0.6) is 5.75 Å². The number of hydrogen-bond donors (Lipinski definition) is 0. The summed E-state index contributed by atoms with van der Waals surface area (Å²) in [5, 5.41) is 4.43. The fraction of sp³-hybridized carbons (Fsp3) is 0.238. The molecule has 3 aromatic rings. The molecule has 0 aliphatic carbocycles. The number of para-hydroxylation sites is 1. The molecule has 0 radical (unpaired) electrons. The predicted molar refractivity (Wildman–Crippen MR) is 109 cm³/mol. The number of benzene rings is 2. The quantitative estimate of drug-likeness (QED) is 0.556. The van der Waals surface area contributed by atoms with E-state index in [0.29, 0.717) is 18.7 Å². The highest BCUT2D eigenvalue weighted by Crippen LogP contribution is 2.24. The first-order valence-electron chi connectivity index (χ1n) is 8.81. The average molecular weight is 428 g/mol. The van der Waals surface area contributed by atoms with Crippen LogP contribution in [-0.4, -0.2) is 27.6 Å². The minimum absolute atomic E-state index is 0.0382. The zero-order valence-electron chi connectivity index (χ0n) is 15.4. The molecular formula is C21H22BrN3O2. The molecule has 5 nitrogen and oxygen atoms in total. The molecule has 1 heterocycles. The zero-order valence-corrected chi connectivity index (χ0v) is 17.0. The second-order valence-electron chi connectivity index (χ2n) is 6.24. The molecule has 6 heteroatoms. The summed E-state index contributed by atoms with van der Waals surface area (Å²) >= 11 is 3.47. The Bertz CT molecular complexity index is 923. The summed E-state index contributed by atoms with van der Waals surface area (Å²) < 4.78 is 8.60. The highest BCUT2D eigenvalue weighted by Gasteiger charge is 2.14. The lowest BCUT2D eigenvalue weighted by Crippen LogP contribution is -2.26. The van der Waals surface area contributed by atoms with E-state index in [1.807, 2.05) is 72.4 Å². The van der Waals surface area contributed by atoms with Crippen molar-refractivity contribution < 1.29 is 9.53 Å². The molecule has 140 valence electrons. The summed E-state index contributed by atoms with van der Waals surface area (Å²) in [6.45, 7) is 3.72. The molecule has 3 rings (SSSR count). The van der Waals surface area contributed by atoms with Gasteiger partial charge >= 0.3 is 0 Å². The van der Waals surface area contributed by atoms with E-state index in [1.165, 1.54) is 0 Å². The lowest BCUT2D eigenvalue weighted by molar-refractivity contribution is 0.0783. The molecule has 0 atom stereocenters. The minimum atomic E-state index is -0.0382. The van der Waals surface area contributed by atoms with Crippen molar-refractivity contribution in [3.8, 4) is 5.75 Å². The summed E-state index contributed by atoms with van der Waals surface area (Å²) in [7, 11) is 1.79. The Kier molecular flexibility index (Phi) is 6.29. The maximum atomic E-state index is 12.7. The van der Waals surface area contributed by atoms with Crippen LogP contribution in [-0.2, 0) is 19.7 Å². The normalized spacial score (nSPS) is 10.6. The Hall–Kier alpha value is -2.60. The molecule has 0 bridgehead atoms. The van der Waals surface area contributed by atoms with Gasteiger partial charge in [-0.1, -0.05) is 24.3 Å². The van der Waals surface area contributed by atoms with Crippen LogP contribution < -0.4 is 4.74 Å². The second kappa shape index (κ2) is 8.86. The largest absolute Gasteiger partial charge is 0.488 e. The smallest absolute Gasteiger partial charge is 0.253 e. The van der Waals surface area contributed by atoms with Crippen molar-refractivity contribution in [3.63, 3.8) is 0 Å². The van der Waals surface area contributed by atoms with Gasteiger partial charge in [-0.25, -0.2) is 0 Å². The molecule has 0 N–H and O–H groups in total. The maximum absolute atomic E-state index is 12.7. The monoisotopic (exact) mass is 427 g/mol. The molecule has 0 saturated carbocycles. The molecule has 0 spiro atoms. The van der Waals surface area contributed by atoms with E-state index in [2.05, 4.69) is 21.0 Å². The van der Waals surface area contributed by atoms with Gasteiger partial charge in [0.1, 0.15) is 12.4 Å². The molecule has 2 aromatic carbocycles. The standard InChI is InChI=1S/C21H22BrN3O2/c1-3-25-12-11-18(23-25)14-24(2)21(26)17-8-6-7-16(13-17)15-27-20-10-5-4-9-19(20)22/h4-13H,3,14-15H2,1-2H3. The second-order valence-corrected chi connectivity index (χ2v) is 7.10. The van der Waals surface area contributed by atoms with Crippen LogP contribution in [0.1, 0.15) is 28.5 Å². The van der Waals surface area contributed by atoms with Crippen molar-refractivity contribution in [2.24, 2.45) is 0 Å². The van der Waals surface area contributed by atoms with Crippen molar-refractivity contribution in [1.82, 2.24) is 14.7 Å². The third-order valence-electron chi connectivity index (χ3n) is 4.17. The summed E-state index contributed by atoms with van der Waals surface area (Å²) in [4.78, 5) is 14.4. The average Bonchev–Trinajstić information content (AvgIpc) is 3.14. The van der Waals surface area contributed by atoms with Gasteiger partial charge in [-0.15, -0.1) is 0 Å². The number of nitrogens with zero attached hydrogens (tertiary/aromatic N) is 3. The first-order valence-corrected chi connectivity index (χ1v) is 9.60. The van der Waals surface area contributed by atoms with Crippen molar-refractivity contribution in [2.45, 2.75) is 26.6 Å². The third-order valence-corrected chi connectivity index (χ3v) is 4.83. The summed E-state index contributed by atoms with van der Waals surface area (Å²) in [5.41, 5.74) is 2.46. The Morgan fingerprint density at radius 2 is 2.00 bits per heavy atom. The van der Waals surface area contributed by atoms with Gasteiger partial charge in [0.15, 0.2) is 0 Å². The van der Waals surface area contributed by atoms with Crippen LogP contribution in [0, 0.1) is 0 Å². The van der Waals surface area contributed by atoms with Crippen LogP contribution in [0.2, 0.25) is 0 Å². The highest BCUT2D eigenvalue weighted by molar-refractivity contribution is 9.10. The number of rotatable bonds is 7. The number of halogens is 1. The topological polar surface area (TPSA) is 47.4 Å². The van der Waals surface area contributed by atoms with Gasteiger partial charge in [-0.2, -0.15) is 5.10 Å². The highest BCUT2D eigenvalue weighted by atomic mass is 79.9. The Balaban J connectivity index is 1.65. The van der Waals surface area contributed by atoms with E-state index in [-0.39, 0.29) is 5.91 Å². The first-order chi connectivity index (χ1) is 13.1. The van der Waals surface area contributed by atoms with Gasteiger partial charge < -0.3 is 9.64 Å². The van der Waals surface area contributed by atoms with Crippen LogP contribution in [0.4, 0.5) is 0 Å². The maximum Gasteiger partial charge on any atom is 0.253 e. The fourth-order valence-electron chi connectivity index (χ4n) is 2.72. The number of carbonyl (C=O) groups excluding carboxylic acids is 1. The molecule has 0 aliphatic heterocycles. The van der Waals surface area contributed by atoms with Crippen LogP contribution in [0.15, 0.2) is 65.3 Å². The summed E-state index contributed by atoms with van der Waals surface area (Å²) in [6, 6.07) is 17.2. The molecular weight excluding hydrogens is 406 g/mol. The molecule has 27 heavy (non-hydrogen) atoms. The zero-order chi connectivity index (χ0) is 19.2. The van der Waals surface area contributed by atoms with E-state index in [4.69, 9.17) is 4.74 Å². The van der Waals surface area contributed by atoms with E-state index in [0.717, 1.165) is 28.0 Å². The van der Waals surface area contributed by atoms with Crippen molar-refractivity contribution in [3.05, 3.63) is 82.1 Å². The molecule has 1 amide bonds. The Morgan fingerprint density at radius 1 is 1.19 bits per heavy atom. The molecule has 0 saturated heterocycles. The number of hydrogen-bond acceptors (Lipinski definition) is 3. The first kappa shape index (κ1) is 19.2. The molecule has 0 fully saturated rings. The van der Waals surface area contributed by atoms with Crippen LogP contribution in [0.3, 0.4) is 0 Å². The third kappa shape index (κ3) is 4.98. The Morgan fingerprint density at radius 3 is 2.74 bits per heavy atom. The fourth-order valence-corrected chi connectivity index (χ4v) is 3.12. The molecule has 0 unspecified atom stereocenters. The van der Waals surface area contributed by atoms with E-state index in [1.54, 1.807) is 11.9 Å². The van der Waals surface area contributed by atoms with E-state index < -0.39 is 0 Å². The Labute approximate surface area is 167 Å². The summed E-state index contributed by atoms with van der Waals surface area (Å²) in [6.07, 6.45) is 1.92. The van der Waals surface area contributed by atoms with Gasteiger partial charge in [0, 0.05) is 25.4 Å². The van der Waals surface area contributed by atoms with Crippen molar-refractivity contribution >= 4 is 21.8 Å². The van der Waals surface area contributed by atoms with E-state index >= 15 is 0 Å². The lowest BCUT2D eigenvalue weighted by Gasteiger charge is -2.16. The molecule has 0 aliphatic rings. The molecule has 1 aromatic heterocycles. The number of ether oxygens (including phenoxy) is 1. The number of amides is 1.